The standard InChI is InChI=1S/C13H14O2S.C12H10O.C7H8OS/c1-10(16(2,14)15)12-8-7-11-5-3-4-6-13(11)9-12;1-9(13)11-7-6-10-4-2-3-5-12(10)8-11;1-6(8)5-7-3-2-4-9-7/h3-10H,1-2H3;2-8H,1H3;2-4H,5H2,1H3. The highest BCUT2D eigenvalue weighted by atomic mass is 32.2. The molecule has 1 unspecified atom stereocenters. The number of carbonyl (C=O) groups excluding carboxylic acids is 2. The van der Waals surface area contributed by atoms with E-state index in [4.69, 9.17) is 0 Å². The van der Waals surface area contributed by atoms with Crippen LogP contribution in [0, 0.1) is 0 Å². The van der Waals surface area contributed by atoms with Gasteiger partial charge in [-0.15, -0.1) is 11.3 Å². The molecule has 5 aromatic rings. The molecule has 0 amide bonds. The molecular formula is C32H32O4S2. The Labute approximate surface area is 228 Å². The molecule has 0 aliphatic carbocycles. The first-order valence-electron chi connectivity index (χ1n) is 12.2. The van der Waals surface area contributed by atoms with Gasteiger partial charge in [0.25, 0.3) is 0 Å². The number of carbonyl (C=O) groups is 2. The van der Waals surface area contributed by atoms with Gasteiger partial charge in [-0.1, -0.05) is 78.9 Å². The molecule has 1 atom stereocenters. The molecule has 0 spiro atoms. The van der Waals surface area contributed by atoms with E-state index < -0.39 is 15.1 Å². The first-order valence-corrected chi connectivity index (χ1v) is 15.1. The zero-order valence-electron chi connectivity index (χ0n) is 22.0. The van der Waals surface area contributed by atoms with Gasteiger partial charge in [0.15, 0.2) is 15.6 Å². The van der Waals surface area contributed by atoms with E-state index in [-0.39, 0.29) is 11.6 Å². The van der Waals surface area contributed by atoms with Crippen molar-refractivity contribution in [3.8, 4) is 0 Å². The zero-order valence-corrected chi connectivity index (χ0v) is 23.7. The Morgan fingerprint density at radius 1 is 0.737 bits per heavy atom. The smallest absolute Gasteiger partial charge is 0.159 e. The third-order valence-corrected chi connectivity index (χ3v) is 8.48. The molecule has 0 saturated carbocycles. The summed E-state index contributed by atoms with van der Waals surface area (Å²) in [4.78, 5) is 22.8. The van der Waals surface area contributed by atoms with E-state index in [0.717, 1.165) is 32.2 Å². The minimum Gasteiger partial charge on any atom is -0.300 e. The van der Waals surface area contributed by atoms with Crippen LogP contribution in [0.25, 0.3) is 21.5 Å². The van der Waals surface area contributed by atoms with Crippen molar-refractivity contribution < 1.29 is 18.0 Å². The molecule has 38 heavy (non-hydrogen) atoms. The molecule has 0 saturated heterocycles. The molecule has 0 N–H and O–H groups in total. The fourth-order valence-corrected chi connectivity index (χ4v) is 5.19. The SMILES string of the molecule is CC(=O)Cc1cccs1.CC(=O)c1ccc2ccccc2c1.CC(c1ccc2ccccc2c1)S(C)(=O)=O. The first kappa shape index (κ1) is 29.0. The number of rotatable bonds is 5. The highest BCUT2D eigenvalue weighted by Crippen LogP contribution is 2.24. The maximum atomic E-state index is 11.5. The van der Waals surface area contributed by atoms with E-state index in [1.165, 1.54) is 11.6 Å². The Balaban J connectivity index is 0.000000164. The van der Waals surface area contributed by atoms with Gasteiger partial charge in [0.2, 0.25) is 0 Å². The van der Waals surface area contributed by atoms with Gasteiger partial charge in [-0.2, -0.15) is 0 Å². The van der Waals surface area contributed by atoms with Gasteiger partial charge < -0.3 is 0 Å². The van der Waals surface area contributed by atoms with Gasteiger partial charge in [-0.05, 0) is 71.5 Å². The van der Waals surface area contributed by atoms with E-state index in [2.05, 4.69) is 0 Å². The average molecular weight is 545 g/mol. The van der Waals surface area contributed by atoms with E-state index in [1.54, 1.807) is 32.1 Å². The topological polar surface area (TPSA) is 68.3 Å². The van der Waals surface area contributed by atoms with Crippen LogP contribution >= 0.6 is 11.3 Å². The van der Waals surface area contributed by atoms with Crippen LogP contribution in [0.3, 0.4) is 0 Å². The van der Waals surface area contributed by atoms with Crippen LogP contribution in [0.5, 0.6) is 0 Å². The number of ketones is 2. The number of Topliss-reactive ketones (excluding diaryl/α,β-unsaturated/α-hetero) is 2. The molecule has 5 rings (SSSR count). The minimum absolute atomic E-state index is 0.116. The Morgan fingerprint density at radius 2 is 1.29 bits per heavy atom. The summed E-state index contributed by atoms with van der Waals surface area (Å²) in [5.41, 5.74) is 1.62. The zero-order chi connectivity index (χ0) is 27.7. The van der Waals surface area contributed by atoms with Crippen molar-refractivity contribution in [2.45, 2.75) is 32.4 Å². The van der Waals surface area contributed by atoms with E-state index in [1.807, 2.05) is 102 Å². The van der Waals surface area contributed by atoms with E-state index >= 15 is 0 Å². The number of thiophene rings is 1. The molecular weight excluding hydrogens is 512 g/mol. The fourth-order valence-electron chi connectivity index (χ4n) is 3.77. The Kier molecular flexibility index (Phi) is 10.1. The van der Waals surface area contributed by atoms with Gasteiger partial charge in [0, 0.05) is 23.1 Å². The number of benzene rings is 4. The summed E-state index contributed by atoms with van der Waals surface area (Å²) in [7, 11) is -3.02. The van der Waals surface area contributed by atoms with E-state index in [9.17, 15) is 18.0 Å². The van der Waals surface area contributed by atoms with Crippen molar-refractivity contribution in [1.29, 1.82) is 0 Å². The highest BCUT2D eigenvalue weighted by Gasteiger charge is 2.17. The lowest BCUT2D eigenvalue weighted by Crippen LogP contribution is -2.07. The van der Waals surface area contributed by atoms with Crippen LogP contribution in [0.4, 0.5) is 0 Å². The third-order valence-electron chi connectivity index (χ3n) is 6.04. The second-order valence-electron chi connectivity index (χ2n) is 9.15. The van der Waals surface area contributed by atoms with Crippen LogP contribution in [0.1, 0.15) is 46.8 Å². The van der Waals surface area contributed by atoms with Crippen molar-refractivity contribution in [3.05, 3.63) is 118 Å². The maximum absolute atomic E-state index is 11.5. The summed E-state index contributed by atoms with van der Waals surface area (Å²) in [5, 5.41) is 6.04. The van der Waals surface area contributed by atoms with Gasteiger partial charge in [-0.3, -0.25) is 9.59 Å². The molecule has 4 nitrogen and oxygen atoms in total. The highest BCUT2D eigenvalue weighted by molar-refractivity contribution is 7.90. The Hall–Kier alpha value is -3.61. The van der Waals surface area contributed by atoms with Crippen LogP contribution < -0.4 is 0 Å². The normalized spacial score (nSPS) is 11.6. The number of fused-ring (bicyclic) bond motifs is 2. The van der Waals surface area contributed by atoms with Gasteiger partial charge >= 0.3 is 0 Å². The molecule has 196 valence electrons. The summed E-state index contributed by atoms with van der Waals surface area (Å²) in [6.07, 6.45) is 1.87. The first-order chi connectivity index (χ1) is 18.0. The largest absolute Gasteiger partial charge is 0.300 e. The van der Waals surface area contributed by atoms with Gasteiger partial charge in [0.1, 0.15) is 5.78 Å². The lowest BCUT2D eigenvalue weighted by Gasteiger charge is -2.10. The van der Waals surface area contributed by atoms with E-state index in [0.29, 0.717) is 6.42 Å². The van der Waals surface area contributed by atoms with Crippen LogP contribution in [0.2, 0.25) is 0 Å². The molecule has 6 heteroatoms. The molecule has 1 heterocycles. The number of sulfone groups is 1. The van der Waals surface area contributed by atoms with Crippen LogP contribution in [0.15, 0.2) is 102 Å². The molecule has 0 bridgehead atoms. The van der Waals surface area contributed by atoms with Gasteiger partial charge in [0.05, 0.1) is 5.25 Å². The number of hydrogen-bond donors (Lipinski definition) is 0. The third kappa shape index (κ3) is 8.47. The summed E-state index contributed by atoms with van der Waals surface area (Å²) >= 11 is 1.63. The van der Waals surface area contributed by atoms with Crippen LogP contribution in [-0.4, -0.2) is 26.2 Å². The maximum Gasteiger partial charge on any atom is 0.159 e. The van der Waals surface area contributed by atoms with Gasteiger partial charge in [-0.25, -0.2) is 8.42 Å². The molecule has 1 aromatic heterocycles. The molecule has 0 fully saturated rings. The summed E-state index contributed by atoms with van der Waals surface area (Å²) in [6.45, 7) is 4.92. The van der Waals surface area contributed by atoms with Crippen molar-refractivity contribution >= 4 is 54.3 Å². The molecule has 0 aliphatic rings. The second-order valence-corrected chi connectivity index (χ2v) is 12.6. The van der Waals surface area contributed by atoms with Crippen molar-refractivity contribution in [2.24, 2.45) is 0 Å². The average Bonchev–Trinajstić information content (AvgIpc) is 3.40. The second kappa shape index (κ2) is 13.3. The Bertz CT molecular complexity index is 1640. The Morgan fingerprint density at radius 3 is 1.79 bits per heavy atom. The number of hydrogen-bond acceptors (Lipinski definition) is 5. The van der Waals surface area contributed by atoms with Crippen molar-refractivity contribution in [3.63, 3.8) is 0 Å². The summed E-state index contributed by atoms with van der Waals surface area (Å²) in [6, 6.07) is 31.5. The monoisotopic (exact) mass is 544 g/mol. The predicted octanol–water partition coefficient (Wildman–Crippen LogP) is 7.87. The predicted molar refractivity (Wildman–Crippen MR) is 160 cm³/mol. The lowest BCUT2D eigenvalue weighted by atomic mass is 10.1. The van der Waals surface area contributed by atoms with Crippen molar-refractivity contribution in [2.75, 3.05) is 6.26 Å². The summed E-state index contributed by atoms with van der Waals surface area (Å²) in [5.74, 6) is 0.350. The van der Waals surface area contributed by atoms with Crippen LogP contribution in [-0.2, 0) is 21.1 Å². The molecule has 0 radical (unpaired) electrons. The quantitative estimate of drug-likeness (QED) is 0.211. The molecule has 4 aromatic carbocycles. The fraction of sp³-hybridized carbons (Fsp3) is 0.188. The molecule has 0 aliphatic heterocycles. The van der Waals surface area contributed by atoms with Crippen molar-refractivity contribution in [1.82, 2.24) is 0 Å². The summed E-state index contributed by atoms with van der Waals surface area (Å²) < 4.78 is 22.9. The lowest BCUT2D eigenvalue weighted by molar-refractivity contribution is -0.116. The minimum atomic E-state index is -3.02.